The number of para-hydroxylation sites is 1. The van der Waals surface area contributed by atoms with Gasteiger partial charge in [0, 0.05) is 23.0 Å². The van der Waals surface area contributed by atoms with Gasteiger partial charge in [0.25, 0.3) is 5.91 Å². The number of hydrogen-bond donors (Lipinski definition) is 2. The van der Waals surface area contributed by atoms with Crippen molar-refractivity contribution in [2.45, 2.75) is 19.3 Å². The third-order valence-corrected chi connectivity index (χ3v) is 5.67. The Morgan fingerprint density at radius 1 is 0.829 bits per heavy atom. The number of halogens is 3. The van der Waals surface area contributed by atoms with Crippen molar-refractivity contribution in [2.75, 3.05) is 17.2 Å². The normalized spacial score (nSPS) is 10.4. The quantitative estimate of drug-likeness (QED) is 0.256. The lowest BCUT2D eigenvalue weighted by Gasteiger charge is -2.09. The van der Waals surface area contributed by atoms with Gasteiger partial charge in [-0.15, -0.1) is 0 Å². The summed E-state index contributed by atoms with van der Waals surface area (Å²) >= 11 is 15.4. The van der Waals surface area contributed by atoms with Gasteiger partial charge in [0.15, 0.2) is 6.61 Å². The van der Waals surface area contributed by atoms with Crippen LogP contribution in [0, 0.1) is 0 Å². The molecule has 0 heterocycles. The zero-order valence-corrected chi connectivity index (χ0v) is 21.5. The van der Waals surface area contributed by atoms with E-state index < -0.39 is 18.5 Å². The molecule has 3 rings (SSSR count). The van der Waals surface area contributed by atoms with Crippen LogP contribution in [0.1, 0.15) is 19.3 Å². The average Bonchev–Trinajstić information content (AvgIpc) is 2.82. The van der Waals surface area contributed by atoms with E-state index in [0.717, 1.165) is 4.47 Å². The van der Waals surface area contributed by atoms with Gasteiger partial charge in [0.1, 0.15) is 11.5 Å². The van der Waals surface area contributed by atoms with Gasteiger partial charge in [-0.1, -0.05) is 51.3 Å². The molecule has 10 heteroatoms. The van der Waals surface area contributed by atoms with Crippen LogP contribution < -0.4 is 15.4 Å². The highest BCUT2D eigenvalue weighted by Gasteiger charge is 2.11. The summed E-state index contributed by atoms with van der Waals surface area (Å²) in [6.45, 7) is -0.444. The van der Waals surface area contributed by atoms with Gasteiger partial charge in [-0.25, -0.2) is 0 Å². The summed E-state index contributed by atoms with van der Waals surface area (Å²) in [5.74, 6) is -0.226. The van der Waals surface area contributed by atoms with Gasteiger partial charge in [-0.3, -0.25) is 14.4 Å². The monoisotopic (exact) mass is 578 g/mol. The fourth-order valence-corrected chi connectivity index (χ4v) is 3.77. The molecule has 2 amide bonds. The summed E-state index contributed by atoms with van der Waals surface area (Å²) in [5, 5.41) is 6.17. The lowest BCUT2D eigenvalue weighted by Crippen LogP contribution is -2.21. The maximum Gasteiger partial charge on any atom is 0.306 e. The molecular formula is C25H21BrCl2N2O5. The Labute approximate surface area is 220 Å². The van der Waals surface area contributed by atoms with Crippen LogP contribution >= 0.6 is 39.1 Å². The molecule has 35 heavy (non-hydrogen) atoms. The highest BCUT2D eigenvalue weighted by atomic mass is 79.9. The van der Waals surface area contributed by atoms with Gasteiger partial charge in [-0.05, 0) is 61.0 Å². The lowest BCUT2D eigenvalue weighted by atomic mass is 10.2. The third kappa shape index (κ3) is 8.90. The first-order chi connectivity index (χ1) is 16.8. The number of amides is 2. The molecule has 0 saturated heterocycles. The number of carbonyl (C=O) groups excluding carboxylic acids is 3. The zero-order valence-electron chi connectivity index (χ0n) is 18.4. The van der Waals surface area contributed by atoms with Crippen LogP contribution in [-0.2, 0) is 19.1 Å². The second kappa shape index (κ2) is 13.1. The van der Waals surface area contributed by atoms with Crippen molar-refractivity contribution in [2.24, 2.45) is 0 Å². The molecule has 0 spiro atoms. The Kier molecular flexibility index (Phi) is 9.96. The first-order valence-corrected chi connectivity index (χ1v) is 12.1. The zero-order chi connectivity index (χ0) is 25.2. The van der Waals surface area contributed by atoms with Crippen LogP contribution in [0.4, 0.5) is 11.4 Å². The Balaban J connectivity index is 1.34. The van der Waals surface area contributed by atoms with Crippen LogP contribution in [0.5, 0.6) is 11.5 Å². The smallest absolute Gasteiger partial charge is 0.306 e. The van der Waals surface area contributed by atoms with Crippen LogP contribution in [0.25, 0.3) is 0 Å². The first kappa shape index (κ1) is 26.5. The fraction of sp³-hybridized carbons (Fsp3) is 0.160. The van der Waals surface area contributed by atoms with Crippen molar-refractivity contribution in [1.29, 1.82) is 0 Å². The molecule has 3 aromatic carbocycles. The molecule has 0 aliphatic rings. The summed E-state index contributed by atoms with van der Waals surface area (Å²) in [7, 11) is 0. The maximum absolute atomic E-state index is 12.1. The Morgan fingerprint density at radius 2 is 1.57 bits per heavy atom. The first-order valence-electron chi connectivity index (χ1n) is 10.5. The Morgan fingerprint density at radius 3 is 2.29 bits per heavy atom. The van der Waals surface area contributed by atoms with Crippen LogP contribution in [0.15, 0.2) is 71.2 Å². The summed E-state index contributed by atoms with van der Waals surface area (Å²) in [6, 6.07) is 18.9. The van der Waals surface area contributed by atoms with Gasteiger partial charge in [0.05, 0.1) is 15.7 Å². The molecule has 0 fully saturated rings. The van der Waals surface area contributed by atoms with Crippen LogP contribution in [-0.4, -0.2) is 24.4 Å². The summed E-state index contributed by atoms with van der Waals surface area (Å²) in [4.78, 5) is 36.0. The van der Waals surface area contributed by atoms with E-state index in [1.807, 2.05) is 12.1 Å². The highest BCUT2D eigenvalue weighted by molar-refractivity contribution is 9.10. The summed E-state index contributed by atoms with van der Waals surface area (Å²) in [6.07, 6.45) is 0.399. The molecular weight excluding hydrogens is 559 g/mol. The number of hydrogen-bond acceptors (Lipinski definition) is 5. The van der Waals surface area contributed by atoms with Crippen molar-refractivity contribution in [3.05, 3.63) is 81.2 Å². The fourth-order valence-electron chi connectivity index (χ4n) is 2.87. The average molecular weight is 580 g/mol. The van der Waals surface area contributed by atoms with E-state index in [2.05, 4.69) is 26.6 Å². The molecule has 0 atom stereocenters. The van der Waals surface area contributed by atoms with E-state index in [1.54, 1.807) is 54.6 Å². The summed E-state index contributed by atoms with van der Waals surface area (Å²) in [5.41, 5.74) is 1.00. The van der Waals surface area contributed by atoms with Gasteiger partial charge in [-0.2, -0.15) is 0 Å². The van der Waals surface area contributed by atoms with Crippen LogP contribution in [0.3, 0.4) is 0 Å². The molecule has 0 unspecified atom stereocenters. The molecule has 0 bridgehead atoms. The molecule has 2 N–H and O–H groups in total. The van der Waals surface area contributed by atoms with E-state index in [0.29, 0.717) is 32.9 Å². The minimum Gasteiger partial charge on any atom is -0.456 e. The van der Waals surface area contributed by atoms with Crippen molar-refractivity contribution in [3.8, 4) is 11.5 Å². The predicted molar refractivity (Wildman–Crippen MR) is 139 cm³/mol. The SMILES string of the molecule is O=C(CCCC(=O)OCC(=O)Nc1ccc(Br)cc1Cl)Nc1ccc(Oc2ccccc2Cl)cc1. The van der Waals surface area contributed by atoms with Crippen molar-refractivity contribution in [3.63, 3.8) is 0 Å². The molecule has 0 saturated carbocycles. The predicted octanol–water partition coefficient (Wildman–Crippen LogP) is 6.84. The van der Waals surface area contributed by atoms with Crippen LogP contribution in [0.2, 0.25) is 10.0 Å². The van der Waals surface area contributed by atoms with Crippen molar-refractivity contribution in [1.82, 2.24) is 0 Å². The highest BCUT2D eigenvalue weighted by Crippen LogP contribution is 2.29. The molecule has 0 radical (unpaired) electrons. The van der Waals surface area contributed by atoms with E-state index >= 15 is 0 Å². The Bertz CT molecular complexity index is 1200. The van der Waals surface area contributed by atoms with Gasteiger partial charge < -0.3 is 20.1 Å². The minimum atomic E-state index is -0.573. The van der Waals surface area contributed by atoms with E-state index in [9.17, 15) is 14.4 Å². The topological polar surface area (TPSA) is 93.7 Å². The minimum absolute atomic E-state index is 0.00432. The molecule has 0 aromatic heterocycles. The molecule has 0 aliphatic heterocycles. The second-order valence-electron chi connectivity index (χ2n) is 7.29. The number of ether oxygens (including phenoxy) is 2. The maximum atomic E-state index is 12.1. The van der Waals surface area contributed by atoms with Gasteiger partial charge in [0.2, 0.25) is 5.91 Å². The number of carbonyl (C=O) groups is 3. The number of rotatable bonds is 10. The lowest BCUT2D eigenvalue weighted by molar-refractivity contribution is -0.147. The van der Waals surface area contributed by atoms with Crippen molar-refractivity contribution < 1.29 is 23.9 Å². The second-order valence-corrected chi connectivity index (χ2v) is 9.02. The summed E-state index contributed by atoms with van der Waals surface area (Å²) < 4.78 is 11.4. The molecule has 0 aliphatic carbocycles. The number of benzene rings is 3. The van der Waals surface area contributed by atoms with Gasteiger partial charge >= 0.3 is 5.97 Å². The largest absolute Gasteiger partial charge is 0.456 e. The Hall–Kier alpha value is -3.07. The molecule has 182 valence electrons. The van der Waals surface area contributed by atoms with E-state index in [1.165, 1.54) is 0 Å². The number of esters is 1. The molecule has 3 aromatic rings. The number of nitrogens with one attached hydrogen (secondary N) is 2. The third-order valence-electron chi connectivity index (χ3n) is 4.56. The van der Waals surface area contributed by atoms with Crippen molar-refractivity contribution >= 4 is 68.3 Å². The number of anilines is 2. The standard InChI is InChI=1S/C25H21BrCl2N2O5/c26-16-8-13-21(20(28)14-16)30-24(32)15-34-25(33)7-3-6-23(31)29-17-9-11-18(12-10-17)35-22-5-2-1-4-19(22)27/h1-2,4-5,8-14H,3,6-7,15H2,(H,29,31)(H,30,32). The van der Waals surface area contributed by atoms with E-state index in [-0.39, 0.29) is 25.2 Å². The molecule has 7 nitrogen and oxygen atoms in total. The van der Waals surface area contributed by atoms with E-state index in [4.69, 9.17) is 32.7 Å².